The van der Waals surface area contributed by atoms with E-state index < -0.39 is 6.67 Å². The van der Waals surface area contributed by atoms with Crippen molar-refractivity contribution in [2.45, 2.75) is 12.1 Å². The Morgan fingerprint density at radius 2 is 2.14 bits per heavy atom. The molecule has 1 aromatic carbocycles. The number of hydrogen-bond acceptors (Lipinski definition) is 2. The average molecular weight is 195 g/mol. The van der Waals surface area contributed by atoms with Gasteiger partial charge in [0.05, 0.1) is 18.8 Å². The van der Waals surface area contributed by atoms with Crippen LogP contribution in [-0.2, 0) is 4.74 Å². The molecule has 2 atom stereocenters. The van der Waals surface area contributed by atoms with Crippen LogP contribution in [0, 0.1) is 0 Å². The molecule has 2 nitrogen and oxygen atoms in total. The third-order valence-corrected chi connectivity index (χ3v) is 2.46. The van der Waals surface area contributed by atoms with Crippen molar-refractivity contribution >= 4 is 0 Å². The van der Waals surface area contributed by atoms with Crippen LogP contribution >= 0.6 is 0 Å². The van der Waals surface area contributed by atoms with Gasteiger partial charge in [0.2, 0.25) is 0 Å². The molecule has 0 unspecified atom stereocenters. The van der Waals surface area contributed by atoms with E-state index in [0.717, 1.165) is 0 Å². The Morgan fingerprint density at radius 3 is 2.71 bits per heavy atom. The molecule has 0 amide bonds. The Kier molecular flexibility index (Phi) is 3.11. The minimum absolute atomic E-state index is 0.207. The number of morpholine rings is 1. The molecule has 76 valence electrons. The van der Waals surface area contributed by atoms with Crippen molar-refractivity contribution in [2.24, 2.45) is 0 Å². The lowest BCUT2D eigenvalue weighted by molar-refractivity contribution is -0.00889. The largest absolute Gasteiger partial charge is 0.372 e. The lowest BCUT2D eigenvalue weighted by Gasteiger charge is -2.29. The molecule has 0 radical (unpaired) electrons. The fourth-order valence-corrected chi connectivity index (χ4v) is 1.62. The van der Waals surface area contributed by atoms with Gasteiger partial charge in [-0.05, 0) is 5.56 Å². The van der Waals surface area contributed by atoms with Gasteiger partial charge in [-0.15, -0.1) is 0 Å². The summed E-state index contributed by atoms with van der Waals surface area (Å²) >= 11 is 0. The van der Waals surface area contributed by atoms with E-state index in [4.69, 9.17) is 4.74 Å². The molecule has 0 aromatic heterocycles. The van der Waals surface area contributed by atoms with Crippen LogP contribution in [0.2, 0.25) is 0 Å². The molecule has 1 fully saturated rings. The fourth-order valence-electron chi connectivity index (χ4n) is 1.62. The highest BCUT2D eigenvalue weighted by Crippen LogP contribution is 2.17. The van der Waals surface area contributed by atoms with E-state index >= 15 is 0 Å². The molecule has 1 N–H and O–H groups in total. The molecular formula is C11H14FNO. The normalized spacial score (nSPS) is 27.5. The molecule has 0 spiro atoms. The minimum atomic E-state index is -0.408. The number of alkyl halides is 1. The number of rotatable bonds is 2. The third kappa shape index (κ3) is 2.11. The maximum Gasteiger partial charge on any atom is 0.117 e. The van der Waals surface area contributed by atoms with Crippen molar-refractivity contribution in [2.75, 3.05) is 19.8 Å². The Morgan fingerprint density at radius 1 is 1.36 bits per heavy atom. The third-order valence-electron chi connectivity index (χ3n) is 2.46. The van der Waals surface area contributed by atoms with Gasteiger partial charge in [0.25, 0.3) is 0 Å². The summed E-state index contributed by atoms with van der Waals surface area (Å²) in [5, 5.41) is 3.27. The maximum absolute atomic E-state index is 12.2. The summed E-state index contributed by atoms with van der Waals surface area (Å²) in [6.45, 7) is 0.739. The molecule has 1 aliphatic heterocycles. The highest BCUT2D eigenvalue weighted by atomic mass is 19.1. The minimum Gasteiger partial charge on any atom is -0.372 e. The summed E-state index contributed by atoms with van der Waals surface area (Å²) in [5.41, 5.74) is 1.20. The van der Waals surface area contributed by atoms with Gasteiger partial charge in [-0.3, -0.25) is 0 Å². The SMILES string of the molecule is FC[C@@H]1CN[C@H](c2ccccc2)CO1. The van der Waals surface area contributed by atoms with Crippen LogP contribution in [-0.4, -0.2) is 25.9 Å². The van der Waals surface area contributed by atoms with E-state index in [2.05, 4.69) is 17.4 Å². The fraction of sp³-hybridized carbons (Fsp3) is 0.455. The molecule has 3 heteroatoms. The van der Waals surface area contributed by atoms with E-state index in [0.29, 0.717) is 13.2 Å². The van der Waals surface area contributed by atoms with Crippen molar-refractivity contribution in [3.8, 4) is 0 Å². The predicted octanol–water partition coefficient (Wildman–Crippen LogP) is 1.69. The second kappa shape index (κ2) is 4.53. The number of hydrogen-bond donors (Lipinski definition) is 1. The van der Waals surface area contributed by atoms with E-state index in [1.54, 1.807) is 0 Å². The van der Waals surface area contributed by atoms with Crippen molar-refractivity contribution in [1.29, 1.82) is 0 Å². The van der Waals surface area contributed by atoms with Crippen molar-refractivity contribution in [1.82, 2.24) is 5.32 Å². The zero-order valence-corrected chi connectivity index (χ0v) is 7.95. The number of halogens is 1. The van der Waals surface area contributed by atoms with Gasteiger partial charge in [-0.1, -0.05) is 30.3 Å². The van der Waals surface area contributed by atoms with E-state index in [9.17, 15) is 4.39 Å². The monoisotopic (exact) mass is 195 g/mol. The second-order valence-corrected chi connectivity index (χ2v) is 3.48. The lowest BCUT2D eigenvalue weighted by Crippen LogP contribution is -2.42. The van der Waals surface area contributed by atoms with Gasteiger partial charge in [-0.2, -0.15) is 0 Å². The zero-order valence-electron chi connectivity index (χ0n) is 7.95. The Hall–Kier alpha value is -0.930. The molecular weight excluding hydrogens is 181 g/mol. The molecule has 0 saturated carbocycles. The van der Waals surface area contributed by atoms with Gasteiger partial charge in [0.1, 0.15) is 6.67 Å². The van der Waals surface area contributed by atoms with Gasteiger partial charge in [0, 0.05) is 6.54 Å². The first-order chi connectivity index (χ1) is 6.90. The molecule has 1 aromatic rings. The van der Waals surface area contributed by atoms with Crippen LogP contribution in [0.3, 0.4) is 0 Å². The van der Waals surface area contributed by atoms with E-state index in [-0.39, 0.29) is 12.1 Å². The number of benzene rings is 1. The highest BCUT2D eigenvalue weighted by molar-refractivity contribution is 5.19. The van der Waals surface area contributed by atoms with Gasteiger partial charge in [0.15, 0.2) is 0 Å². The van der Waals surface area contributed by atoms with Crippen LogP contribution in [0.5, 0.6) is 0 Å². The average Bonchev–Trinajstić information content (AvgIpc) is 2.30. The van der Waals surface area contributed by atoms with Gasteiger partial charge < -0.3 is 10.1 Å². The van der Waals surface area contributed by atoms with Crippen molar-refractivity contribution in [3.05, 3.63) is 35.9 Å². The molecule has 0 bridgehead atoms. The summed E-state index contributed by atoms with van der Waals surface area (Å²) in [6.07, 6.45) is -0.269. The maximum atomic E-state index is 12.2. The summed E-state index contributed by atoms with van der Waals surface area (Å²) in [5.74, 6) is 0. The first-order valence-corrected chi connectivity index (χ1v) is 4.86. The van der Waals surface area contributed by atoms with Crippen LogP contribution < -0.4 is 5.32 Å². The predicted molar refractivity (Wildman–Crippen MR) is 52.9 cm³/mol. The first kappa shape index (κ1) is 9.62. The molecule has 1 aliphatic rings. The number of nitrogens with one attached hydrogen (secondary N) is 1. The van der Waals surface area contributed by atoms with Crippen LogP contribution in [0.1, 0.15) is 11.6 Å². The molecule has 14 heavy (non-hydrogen) atoms. The Labute approximate surface area is 83.1 Å². The zero-order chi connectivity index (χ0) is 9.80. The summed E-state index contributed by atoms with van der Waals surface area (Å²) < 4.78 is 17.6. The molecule has 1 saturated heterocycles. The van der Waals surface area contributed by atoms with Gasteiger partial charge in [-0.25, -0.2) is 4.39 Å². The quantitative estimate of drug-likeness (QED) is 0.775. The van der Waals surface area contributed by atoms with Crippen molar-refractivity contribution < 1.29 is 9.13 Å². The summed E-state index contributed by atoms with van der Waals surface area (Å²) in [7, 11) is 0. The second-order valence-electron chi connectivity index (χ2n) is 3.48. The summed E-state index contributed by atoms with van der Waals surface area (Å²) in [6, 6.07) is 10.3. The van der Waals surface area contributed by atoms with Crippen LogP contribution in [0.15, 0.2) is 30.3 Å². The molecule has 0 aliphatic carbocycles. The Balaban J connectivity index is 1.96. The lowest BCUT2D eigenvalue weighted by atomic mass is 10.1. The van der Waals surface area contributed by atoms with Gasteiger partial charge >= 0.3 is 0 Å². The summed E-state index contributed by atoms with van der Waals surface area (Å²) in [4.78, 5) is 0. The molecule has 2 rings (SSSR count). The van der Waals surface area contributed by atoms with E-state index in [1.165, 1.54) is 5.56 Å². The molecule has 1 heterocycles. The smallest absolute Gasteiger partial charge is 0.117 e. The van der Waals surface area contributed by atoms with Crippen LogP contribution in [0.25, 0.3) is 0 Å². The number of ether oxygens (including phenoxy) is 1. The van der Waals surface area contributed by atoms with Crippen LogP contribution in [0.4, 0.5) is 4.39 Å². The van der Waals surface area contributed by atoms with Crippen molar-refractivity contribution in [3.63, 3.8) is 0 Å². The first-order valence-electron chi connectivity index (χ1n) is 4.86. The topological polar surface area (TPSA) is 21.3 Å². The Bertz CT molecular complexity index is 270. The standard InChI is InChI=1S/C11H14FNO/c12-6-10-7-13-11(8-14-10)9-4-2-1-3-5-9/h1-5,10-11,13H,6-8H2/t10-,11+/m1/s1. The van der Waals surface area contributed by atoms with E-state index in [1.807, 2.05) is 18.2 Å². The highest BCUT2D eigenvalue weighted by Gasteiger charge is 2.21.